The molecule has 26 heavy (non-hydrogen) atoms. The van der Waals surface area contributed by atoms with Crippen molar-refractivity contribution in [3.63, 3.8) is 0 Å². The van der Waals surface area contributed by atoms with Crippen LogP contribution in [0.4, 0.5) is 0 Å². The molecule has 150 valence electrons. The lowest BCUT2D eigenvalue weighted by molar-refractivity contribution is -0.196. The van der Waals surface area contributed by atoms with Gasteiger partial charge in [0.25, 0.3) is 0 Å². The molecule has 0 aromatic heterocycles. The number of carbonyl (C=O) groups is 4. The summed E-state index contributed by atoms with van der Waals surface area (Å²) in [7, 11) is 2.62. The van der Waals surface area contributed by atoms with Crippen molar-refractivity contribution in [2.24, 2.45) is 0 Å². The summed E-state index contributed by atoms with van der Waals surface area (Å²) in [6, 6.07) is 0. The molecule has 0 bridgehead atoms. The second-order valence-corrected chi connectivity index (χ2v) is 5.30. The molecule has 0 amide bonds. The van der Waals surface area contributed by atoms with Crippen LogP contribution in [0.3, 0.4) is 0 Å². The molecule has 0 saturated heterocycles. The first kappa shape index (κ1) is 23.8. The molecule has 0 rings (SSSR count). The molecule has 0 aromatic carbocycles. The Balaban J connectivity index is 5.59. The van der Waals surface area contributed by atoms with Gasteiger partial charge in [0.1, 0.15) is 25.4 Å². The third-order valence-electron chi connectivity index (χ3n) is 3.15. The molecule has 4 unspecified atom stereocenters. The van der Waals surface area contributed by atoms with Gasteiger partial charge in [-0.05, 0) is 0 Å². The molecule has 0 aliphatic heterocycles. The minimum atomic E-state index is -1.11. The van der Waals surface area contributed by atoms with Gasteiger partial charge in [0.05, 0.1) is 0 Å². The molecule has 10 heteroatoms. The van der Waals surface area contributed by atoms with Crippen LogP contribution in [0.1, 0.15) is 27.7 Å². The Morgan fingerprint density at radius 3 is 1.42 bits per heavy atom. The monoisotopic (exact) mass is 378 g/mol. The number of hydrogen-bond donors (Lipinski definition) is 0. The van der Waals surface area contributed by atoms with E-state index in [9.17, 15) is 19.2 Å². The van der Waals surface area contributed by atoms with Gasteiger partial charge in [-0.3, -0.25) is 19.2 Å². The minimum absolute atomic E-state index is 0.232. The van der Waals surface area contributed by atoms with Crippen molar-refractivity contribution in [1.82, 2.24) is 0 Å². The SMILES string of the molecule is COC(COC(C)=O)C(OC(C)=O)C(OC)C(COC(C)=O)OC(C)=O. The molecule has 0 radical (unpaired) electrons. The number of ether oxygens (including phenoxy) is 6. The van der Waals surface area contributed by atoms with E-state index in [0.717, 1.165) is 0 Å². The standard InChI is InChI=1S/C16H26O10/c1-9(17)23-7-13(21-5)16(26-12(4)20)15(22-6)14(25-11(3)19)8-24-10(2)18/h13-16H,7-8H2,1-6H3. The van der Waals surface area contributed by atoms with Crippen LogP contribution in [-0.2, 0) is 47.6 Å². The normalized spacial score (nSPS) is 15.2. The van der Waals surface area contributed by atoms with Crippen LogP contribution >= 0.6 is 0 Å². The number of hydrogen-bond acceptors (Lipinski definition) is 10. The highest BCUT2D eigenvalue weighted by Crippen LogP contribution is 2.19. The molecule has 0 N–H and O–H groups in total. The Hall–Kier alpha value is -2.20. The number of methoxy groups -OCH3 is 2. The maximum atomic E-state index is 11.5. The third kappa shape index (κ3) is 9.33. The van der Waals surface area contributed by atoms with Crippen LogP contribution in [-0.4, -0.2) is 75.7 Å². The van der Waals surface area contributed by atoms with Gasteiger partial charge in [-0.1, -0.05) is 0 Å². The van der Waals surface area contributed by atoms with E-state index in [1.54, 1.807) is 0 Å². The Kier molecular flexibility index (Phi) is 11.2. The fourth-order valence-electron chi connectivity index (χ4n) is 2.15. The zero-order valence-electron chi connectivity index (χ0n) is 15.8. The van der Waals surface area contributed by atoms with E-state index in [4.69, 9.17) is 28.4 Å². The summed E-state index contributed by atoms with van der Waals surface area (Å²) in [5.74, 6) is -2.46. The first-order valence-electron chi connectivity index (χ1n) is 7.79. The number of esters is 4. The Morgan fingerprint density at radius 1 is 0.615 bits per heavy atom. The Morgan fingerprint density at radius 2 is 1.08 bits per heavy atom. The van der Waals surface area contributed by atoms with Crippen molar-refractivity contribution < 1.29 is 47.6 Å². The van der Waals surface area contributed by atoms with Gasteiger partial charge in [-0.25, -0.2) is 0 Å². The van der Waals surface area contributed by atoms with E-state index in [1.165, 1.54) is 41.9 Å². The number of carbonyl (C=O) groups excluding carboxylic acids is 4. The van der Waals surface area contributed by atoms with Gasteiger partial charge in [-0.15, -0.1) is 0 Å². The average Bonchev–Trinajstić information content (AvgIpc) is 2.52. The smallest absolute Gasteiger partial charge is 0.303 e. The summed E-state index contributed by atoms with van der Waals surface area (Å²) >= 11 is 0. The van der Waals surface area contributed by atoms with Gasteiger partial charge in [0.15, 0.2) is 12.2 Å². The molecule has 0 spiro atoms. The molecule has 0 aliphatic carbocycles. The molecule has 0 fully saturated rings. The third-order valence-corrected chi connectivity index (χ3v) is 3.15. The van der Waals surface area contributed by atoms with Crippen LogP contribution < -0.4 is 0 Å². The minimum Gasteiger partial charge on any atom is -0.463 e. The van der Waals surface area contributed by atoms with E-state index in [1.807, 2.05) is 0 Å². The quantitative estimate of drug-likeness (QED) is 0.358. The largest absolute Gasteiger partial charge is 0.463 e. The zero-order valence-corrected chi connectivity index (χ0v) is 15.8. The Bertz CT molecular complexity index is 489. The second kappa shape index (κ2) is 12.2. The molecule has 0 heterocycles. The summed E-state index contributed by atoms with van der Waals surface area (Å²) in [4.78, 5) is 45.1. The van der Waals surface area contributed by atoms with Gasteiger partial charge < -0.3 is 28.4 Å². The molecule has 10 nitrogen and oxygen atoms in total. The lowest BCUT2D eigenvalue weighted by atomic mass is 10.0. The summed E-state index contributed by atoms with van der Waals surface area (Å²) in [6.45, 7) is 4.18. The zero-order chi connectivity index (χ0) is 20.3. The van der Waals surface area contributed by atoms with Crippen molar-refractivity contribution in [2.75, 3.05) is 27.4 Å². The van der Waals surface area contributed by atoms with Gasteiger partial charge in [-0.2, -0.15) is 0 Å². The van der Waals surface area contributed by atoms with Crippen LogP contribution in [0.15, 0.2) is 0 Å². The lowest BCUT2D eigenvalue weighted by Gasteiger charge is -2.34. The molecular weight excluding hydrogens is 352 g/mol. The van der Waals surface area contributed by atoms with Crippen molar-refractivity contribution in [3.8, 4) is 0 Å². The van der Waals surface area contributed by atoms with E-state index in [0.29, 0.717) is 0 Å². The Labute approximate surface area is 152 Å². The van der Waals surface area contributed by atoms with E-state index < -0.39 is 48.3 Å². The summed E-state index contributed by atoms with van der Waals surface area (Å²) in [6.07, 6.45) is -4.16. The van der Waals surface area contributed by atoms with E-state index in [2.05, 4.69) is 0 Å². The van der Waals surface area contributed by atoms with Crippen molar-refractivity contribution in [3.05, 3.63) is 0 Å². The van der Waals surface area contributed by atoms with Gasteiger partial charge in [0, 0.05) is 41.9 Å². The molecule has 0 aromatic rings. The summed E-state index contributed by atoms with van der Waals surface area (Å²) in [5.41, 5.74) is 0. The first-order valence-corrected chi connectivity index (χ1v) is 7.79. The van der Waals surface area contributed by atoms with Gasteiger partial charge in [0.2, 0.25) is 0 Å². The van der Waals surface area contributed by atoms with E-state index in [-0.39, 0.29) is 13.2 Å². The molecular formula is C16H26O10. The topological polar surface area (TPSA) is 124 Å². The van der Waals surface area contributed by atoms with Crippen LogP contribution in [0.2, 0.25) is 0 Å². The van der Waals surface area contributed by atoms with E-state index >= 15 is 0 Å². The van der Waals surface area contributed by atoms with Crippen LogP contribution in [0, 0.1) is 0 Å². The highest BCUT2D eigenvalue weighted by Gasteiger charge is 2.40. The van der Waals surface area contributed by atoms with Crippen molar-refractivity contribution in [1.29, 1.82) is 0 Å². The summed E-state index contributed by atoms with van der Waals surface area (Å²) < 4.78 is 30.8. The fourth-order valence-corrected chi connectivity index (χ4v) is 2.15. The van der Waals surface area contributed by atoms with Crippen molar-refractivity contribution >= 4 is 23.9 Å². The maximum absolute atomic E-state index is 11.5. The van der Waals surface area contributed by atoms with Crippen molar-refractivity contribution in [2.45, 2.75) is 52.1 Å². The predicted molar refractivity (Wildman–Crippen MR) is 86.0 cm³/mol. The summed E-state index contributed by atoms with van der Waals surface area (Å²) in [5, 5.41) is 0. The number of rotatable bonds is 11. The lowest BCUT2D eigenvalue weighted by Crippen LogP contribution is -2.52. The molecule has 4 atom stereocenters. The highest BCUT2D eigenvalue weighted by atomic mass is 16.6. The fraction of sp³-hybridized carbons (Fsp3) is 0.750. The molecule has 0 aliphatic rings. The van der Waals surface area contributed by atoms with Crippen LogP contribution in [0.5, 0.6) is 0 Å². The van der Waals surface area contributed by atoms with Crippen LogP contribution in [0.25, 0.3) is 0 Å². The second-order valence-electron chi connectivity index (χ2n) is 5.30. The highest BCUT2D eigenvalue weighted by molar-refractivity contribution is 5.67. The van der Waals surface area contributed by atoms with Gasteiger partial charge >= 0.3 is 23.9 Å². The maximum Gasteiger partial charge on any atom is 0.303 e. The average molecular weight is 378 g/mol. The predicted octanol–water partition coefficient (Wildman–Crippen LogP) is 0.00600. The first-order chi connectivity index (χ1) is 12.1. The molecule has 0 saturated carbocycles.